The second-order valence-corrected chi connectivity index (χ2v) is 21.0. The fraction of sp³-hybridized carbons (Fsp3) is 0.903. The number of aliphatic hydroxyl groups is 2. The summed E-state index contributed by atoms with van der Waals surface area (Å²) in [6.07, 6.45) is 70.5. The van der Waals surface area contributed by atoms with E-state index < -0.39 is 12.1 Å². The Kier molecular flexibility index (Phi) is 56.5. The van der Waals surface area contributed by atoms with Crippen molar-refractivity contribution in [2.24, 2.45) is 0 Å². The van der Waals surface area contributed by atoms with Gasteiger partial charge in [0, 0.05) is 12.8 Å². The molecule has 0 aromatic heterocycles. The van der Waals surface area contributed by atoms with Crippen LogP contribution in [0.3, 0.4) is 0 Å². The molecule has 3 N–H and O–H groups in total. The van der Waals surface area contributed by atoms with Crippen molar-refractivity contribution in [3.63, 3.8) is 0 Å². The minimum atomic E-state index is -0.665. The largest absolute Gasteiger partial charge is 0.466 e. The predicted molar refractivity (Wildman–Crippen MR) is 296 cm³/mol. The van der Waals surface area contributed by atoms with Crippen LogP contribution in [0.15, 0.2) is 24.3 Å². The molecule has 2 unspecified atom stereocenters. The quantitative estimate of drug-likeness (QED) is 0.0321. The molecule has 0 heterocycles. The zero-order valence-electron chi connectivity index (χ0n) is 45.9. The first-order valence-electron chi connectivity index (χ1n) is 30.6. The van der Waals surface area contributed by atoms with Gasteiger partial charge in [-0.25, -0.2) is 0 Å². The standard InChI is InChI=1S/C62H119NO5/c1-3-5-7-9-11-13-14-15-16-17-23-27-30-33-36-40-44-48-52-56-62(67)68-57-53-49-45-41-37-34-31-28-25-22-20-18-19-21-24-26-29-32-35-39-43-47-51-55-61(66)63-59(58-64)60(65)54-50-46-42-38-12-10-8-6-4-2/h15-16,21,24,59-60,64-65H,3-14,17-20,22-23,25-58H2,1-2H3,(H,63,66)/b16-15-,24-21-. The Morgan fingerprint density at radius 1 is 0.397 bits per heavy atom. The smallest absolute Gasteiger partial charge is 0.305 e. The SMILES string of the molecule is CCCCCCCC/C=C\CCCCCCCCCCCC(=O)OCCCCCCCCCCCCCC/C=C\CCCCCCCCCC(=O)NC(CO)C(O)CCCCCCCCCCC. The summed E-state index contributed by atoms with van der Waals surface area (Å²) in [4.78, 5) is 24.5. The maximum atomic E-state index is 12.4. The molecule has 0 aromatic carbocycles. The van der Waals surface area contributed by atoms with Crippen LogP contribution < -0.4 is 5.32 Å². The molecule has 0 saturated heterocycles. The van der Waals surface area contributed by atoms with E-state index in [1.54, 1.807) is 0 Å². The first-order valence-corrected chi connectivity index (χ1v) is 30.6. The number of carbonyl (C=O) groups excluding carboxylic acids is 2. The summed E-state index contributed by atoms with van der Waals surface area (Å²) in [5.74, 6) is -0.0319. The van der Waals surface area contributed by atoms with Crippen LogP contribution >= 0.6 is 0 Å². The number of amides is 1. The van der Waals surface area contributed by atoms with Crippen LogP contribution in [0.25, 0.3) is 0 Å². The van der Waals surface area contributed by atoms with Crippen LogP contribution in [0.1, 0.15) is 335 Å². The Morgan fingerprint density at radius 2 is 0.691 bits per heavy atom. The van der Waals surface area contributed by atoms with Gasteiger partial charge < -0.3 is 20.3 Å². The van der Waals surface area contributed by atoms with Gasteiger partial charge in [0.05, 0.1) is 25.4 Å². The molecule has 1 amide bonds. The molecule has 68 heavy (non-hydrogen) atoms. The monoisotopic (exact) mass is 958 g/mol. The molecule has 0 aliphatic rings. The summed E-state index contributed by atoms with van der Waals surface area (Å²) in [5.41, 5.74) is 0. The van der Waals surface area contributed by atoms with Crippen molar-refractivity contribution in [3.05, 3.63) is 24.3 Å². The maximum absolute atomic E-state index is 12.4. The molecule has 6 nitrogen and oxygen atoms in total. The third-order valence-electron chi connectivity index (χ3n) is 14.2. The number of esters is 1. The number of aliphatic hydroxyl groups excluding tert-OH is 2. The fourth-order valence-electron chi connectivity index (χ4n) is 9.51. The number of ether oxygens (including phenoxy) is 1. The van der Waals surface area contributed by atoms with Crippen LogP contribution in [0.5, 0.6) is 0 Å². The van der Waals surface area contributed by atoms with E-state index in [1.165, 1.54) is 257 Å². The van der Waals surface area contributed by atoms with Crippen molar-refractivity contribution >= 4 is 11.9 Å². The molecule has 0 saturated carbocycles. The topological polar surface area (TPSA) is 95.9 Å². The highest BCUT2D eigenvalue weighted by Crippen LogP contribution is 2.17. The van der Waals surface area contributed by atoms with Crippen molar-refractivity contribution in [1.82, 2.24) is 5.32 Å². The summed E-state index contributed by atoms with van der Waals surface area (Å²) in [6, 6.07) is -0.543. The summed E-state index contributed by atoms with van der Waals surface area (Å²) in [7, 11) is 0. The van der Waals surface area contributed by atoms with Gasteiger partial charge in [-0.1, -0.05) is 269 Å². The summed E-state index contributed by atoms with van der Waals surface area (Å²) >= 11 is 0. The average molecular weight is 959 g/mol. The lowest BCUT2D eigenvalue weighted by Gasteiger charge is -2.22. The molecule has 0 bridgehead atoms. The highest BCUT2D eigenvalue weighted by Gasteiger charge is 2.20. The van der Waals surface area contributed by atoms with Crippen LogP contribution in [0.4, 0.5) is 0 Å². The zero-order chi connectivity index (χ0) is 49.3. The van der Waals surface area contributed by atoms with Gasteiger partial charge in [0.15, 0.2) is 0 Å². The highest BCUT2D eigenvalue weighted by atomic mass is 16.5. The third-order valence-corrected chi connectivity index (χ3v) is 14.2. The minimum absolute atomic E-state index is 0.0112. The van der Waals surface area contributed by atoms with Crippen molar-refractivity contribution in [1.29, 1.82) is 0 Å². The fourth-order valence-corrected chi connectivity index (χ4v) is 9.51. The Bertz CT molecular complexity index is 1060. The number of nitrogens with one attached hydrogen (secondary N) is 1. The lowest BCUT2D eigenvalue weighted by molar-refractivity contribution is -0.143. The van der Waals surface area contributed by atoms with Gasteiger partial charge in [0.25, 0.3) is 0 Å². The maximum Gasteiger partial charge on any atom is 0.305 e. The second-order valence-electron chi connectivity index (χ2n) is 21.0. The summed E-state index contributed by atoms with van der Waals surface area (Å²) < 4.78 is 5.50. The first kappa shape index (κ1) is 66.3. The highest BCUT2D eigenvalue weighted by molar-refractivity contribution is 5.76. The van der Waals surface area contributed by atoms with Gasteiger partial charge in [-0.2, -0.15) is 0 Å². The first-order chi connectivity index (χ1) is 33.5. The zero-order valence-corrected chi connectivity index (χ0v) is 45.9. The van der Waals surface area contributed by atoms with Crippen molar-refractivity contribution in [2.75, 3.05) is 13.2 Å². The number of hydrogen-bond acceptors (Lipinski definition) is 5. The Morgan fingerprint density at radius 3 is 1.04 bits per heavy atom. The normalized spacial score (nSPS) is 12.7. The molecule has 0 aliphatic heterocycles. The van der Waals surface area contributed by atoms with Gasteiger partial charge in [-0.3, -0.25) is 9.59 Å². The van der Waals surface area contributed by atoms with Gasteiger partial charge >= 0.3 is 5.97 Å². The molecule has 0 aliphatic carbocycles. The molecule has 2 atom stereocenters. The lowest BCUT2D eigenvalue weighted by Crippen LogP contribution is -2.45. The molecular weight excluding hydrogens is 839 g/mol. The third kappa shape index (κ3) is 53.7. The number of allylic oxidation sites excluding steroid dienone is 4. The lowest BCUT2D eigenvalue weighted by atomic mass is 10.0. The molecule has 402 valence electrons. The van der Waals surface area contributed by atoms with Gasteiger partial charge in [-0.15, -0.1) is 0 Å². The van der Waals surface area contributed by atoms with Gasteiger partial charge in [-0.05, 0) is 77.0 Å². The minimum Gasteiger partial charge on any atom is -0.466 e. The molecular formula is C62H119NO5. The van der Waals surface area contributed by atoms with Crippen molar-refractivity contribution < 1.29 is 24.5 Å². The summed E-state index contributed by atoms with van der Waals surface area (Å²) in [5, 5.41) is 23.1. The molecule has 0 radical (unpaired) electrons. The Balaban J connectivity index is 3.36. The molecule has 6 heteroatoms. The van der Waals surface area contributed by atoms with Gasteiger partial charge in [0.2, 0.25) is 5.91 Å². The van der Waals surface area contributed by atoms with E-state index in [-0.39, 0.29) is 18.5 Å². The Labute approximate surface area is 424 Å². The molecule has 0 rings (SSSR count). The number of unbranched alkanes of at least 4 members (excludes halogenated alkanes) is 42. The Hall–Kier alpha value is -1.66. The van der Waals surface area contributed by atoms with Gasteiger partial charge in [0.1, 0.15) is 0 Å². The van der Waals surface area contributed by atoms with Crippen LogP contribution in [0, 0.1) is 0 Å². The van der Waals surface area contributed by atoms with E-state index in [0.717, 1.165) is 44.9 Å². The number of hydrogen-bond donors (Lipinski definition) is 3. The van der Waals surface area contributed by atoms with E-state index in [0.29, 0.717) is 25.9 Å². The molecule has 0 spiro atoms. The summed E-state index contributed by atoms with van der Waals surface area (Å²) in [6.45, 7) is 4.94. The van der Waals surface area contributed by atoms with Crippen molar-refractivity contribution in [3.8, 4) is 0 Å². The molecule has 0 fully saturated rings. The van der Waals surface area contributed by atoms with E-state index >= 15 is 0 Å². The van der Waals surface area contributed by atoms with E-state index in [1.807, 2.05) is 0 Å². The van der Waals surface area contributed by atoms with E-state index in [9.17, 15) is 19.8 Å². The number of rotatable bonds is 57. The second kappa shape index (κ2) is 57.9. The van der Waals surface area contributed by atoms with E-state index in [4.69, 9.17) is 4.74 Å². The predicted octanol–water partition coefficient (Wildman–Crippen LogP) is 19.0. The average Bonchev–Trinajstić information content (AvgIpc) is 3.34. The van der Waals surface area contributed by atoms with Crippen LogP contribution in [0.2, 0.25) is 0 Å². The van der Waals surface area contributed by atoms with E-state index in [2.05, 4.69) is 43.5 Å². The van der Waals surface area contributed by atoms with Crippen LogP contribution in [-0.2, 0) is 14.3 Å². The molecule has 0 aromatic rings. The number of carbonyl (C=O) groups is 2. The van der Waals surface area contributed by atoms with Crippen LogP contribution in [-0.4, -0.2) is 47.4 Å². The van der Waals surface area contributed by atoms with Crippen molar-refractivity contribution in [2.45, 2.75) is 347 Å².